The van der Waals surface area contributed by atoms with Crippen LogP contribution in [0.5, 0.6) is 11.8 Å². The van der Waals surface area contributed by atoms with E-state index >= 15 is 0 Å². The molecule has 1 saturated heterocycles. The lowest BCUT2D eigenvalue weighted by molar-refractivity contribution is -0.139. The number of hydrogen-bond acceptors (Lipinski definition) is 5. The van der Waals surface area contributed by atoms with E-state index in [9.17, 15) is 18.0 Å². The van der Waals surface area contributed by atoms with E-state index in [1.54, 1.807) is 4.90 Å². The fraction of sp³-hybridized carbons (Fsp3) is 0.700. The first-order chi connectivity index (χ1) is 13.4. The number of halogens is 3. The zero-order valence-corrected chi connectivity index (χ0v) is 17.1. The first-order valence-corrected chi connectivity index (χ1v) is 9.68. The third-order valence-corrected chi connectivity index (χ3v) is 5.32. The van der Waals surface area contributed by atoms with E-state index in [1.807, 2.05) is 20.8 Å². The summed E-state index contributed by atoms with van der Waals surface area (Å²) < 4.78 is 54.8. The summed E-state index contributed by atoms with van der Waals surface area (Å²) in [7, 11) is 1.15. The average Bonchev–Trinajstić information content (AvgIpc) is 2.58. The van der Waals surface area contributed by atoms with Crippen molar-refractivity contribution in [1.29, 1.82) is 0 Å². The van der Waals surface area contributed by atoms with Crippen molar-refractivity contribution in [2.24, 2.45) is 5.41 Å². The number of hydrogen-bond donors (Lipinski definition) is 0. The first-order valence-electron chi connectivity index (χ1n) is 9.68. The van der Waals surface area contributed by atoms with E-state index < -0.39 is 23.2 Å². The minimum Gasteiger partial charge on any atom is -0.480 e. The van der Waals surface area contributed by atoms with Gasteiger partial charge in [-0.15, -0.1) is 0 Å². The topological polar surface area (TPSA) is 60.9 Å². The molecule has 1 amide bonds. The quantitative estimate of drug-likeness (QED) is 0.717. The number of carbonyl (C=O) groups is 1. The van der Waals surface area contributed by atoms with Gasteiger partial charge in [0.2, 0.25) is 11.8 Å². The highest BCUT2D eigenvalue weighted by molar-refractivity contribution is 5.69. The van der Waals surface area contributed by atoms with Crippen LogP contribution in [0, 0.1) is 5.41 Å². The summed E-state index contributed by atoms with van der Waals surface area (Å²) in [4.78, 5) is 17.7. The zero-order chi connectivity index (χ0) is 21.4. The maximum absolute atomic E-state index is 12.9. The monoisotopic (exact) mass is 416 g/mol. The summed E-state index contributed by atoms with van der Waals surface area (Å²) in [6, 6.07) is 2.15. The van der Waals surface area contributed by atoms with E-state index in [1.165, 1.54) is 6.07 Å². The van der Waals surface area contributed by atoms with Crippen LogP contribution in [0.3, 0.4) is 0 Å². The van der Waals surface area contributed by atoms with Gasteiger partial charge in [-0.3, -0.25) is 0 Å². The maximum atomic E-state index is 12.9. The van der Waals surface area contributed by atoms with Crippen molar-refractivity contribution < 1.29 is 32.2 Å². The van der Waals surface area contributed by atoms with Crippen LogP contribution >= 0.6 is 0 Å². The fourth-order valence-corrected chi connectivity index (χ4v) is 3.89. The second-order valence-corrected chi connectivity index (χ2v) is 8.86. The van der Waals surface area contributed by atoms with Crippen molar-refractivity contribution in [1.82, 2.24) is 9.88 Å². The van der Waals surface area contributed by atoms with Gasteiger partial charge in [0.1, 0.15) is 17.3 Å². The molecule has 162 valence electrons. The molecule has 0 bridgehead atoms. The van der Waals surface area contributed by atoms with Crippen LogP contribution in [0.25, 0.3) is 0 Å². The molecule has 0 atom stereocenters. The lowest BCUT2D eigenvalue weighted by Gasteiger charge is -2.52. The summed E-state index contributed by atoms with van der Waals surface area (Å²) in [5.41, 5.74) is -1.35. The second kappa shape index (κ2) is 7.57. The van der Waals surface area contributed by atoms with E-state index in [-0.39, 0.29) is 23.5 Å². The van der Waals surface area contributed by atoms with Gasteiger partial charge in [0.25, 0.3) is 0 Å². The minimum atomic E-state index is -4.53. The van der Waals surface area contributed by atoms with Gasteiger partial charge in [-0.25, -0.2) is 4.79 Å². The van der Waals surface area contributed by atoms with Crippen LogP contribution < -0.4 is 9.47 Å². The number of rotatable bonds is 3. The molecule has 0 radical (unpaired) electrons. The molecule has 9 heteroatoms. The standard InChI is InChI=1S/C20H27F3N2O4/c1-18(2,3)29-17(26)25-11-19(12-25)9-7-13(8-10-19)28-15-6-5-14(20(21,22)23)16(24-15)27-4/h5-6,13H,7-12H2,1-4H3. The van der Waals surface area contributed by atoms with Crippen LogP contribution in [-0.4, -0.2) is 47.9 Å². The van der Waals surface area contributed by atoms with Gasteiger partial charge in [-0.05, 0) is 52.5 Å². The Labute approximate surface area is 168 Å². The summed E-state index contributed by atoms with van der Waals surface area (Å²) in [6.45, 7) is 6.86. The number of likely N-dealkylation sites (tertiary alicyclic amines) is 1. The maximum Gasteiger partial charge on any atom is 0.421 e. The molecule has 1 saturated carbocycles. The minimum absolute atomic E-state index is 0.0853. The van der Waals surface area contributed by atoms with Crippen molar-refractivity contribution in [2.45, 2.75) is 64.3 Å². The third-order valence-electron chi connectivity index (χ3n) is 5.32. The number of aromatic nitrogens is 1. The van der Waals surface area contributed by atoms with E-state index in [0.29, 0.717) is 13.1 Å². The predicted octanol–water partition coefficient (Wildman–Crippen LogP) is 4.67. The van der Waals surface area contributed by atoms with Gasteiger partial charge in [0.05, 0.1) is 7.11 Å². The SMILES string of the molecule is COc1nc(OC2CCC3(CC2)CN(C(=O)OC(C)(C)C)C3)ccc1C(F)(F)F. The number of pyridine rings is 1. The first kappa shape index (κ1) is 21.5. The molecule has 2 aliphatic rings. The Kier molecular flexibility index (Phi) is 5.62. The molecule has 29 heavy (non-hydrogen) atoms. The highest BCUT2D eigenvalue weighted by Gasteiger charge is 2.48. The summed E-state index contributed by atoms with van der Waals surface area (Å²) in [5, 5.41) is 0. The van der Waals surface area contributed by atoms with E-state index in [2.05, 4.69) is 4.98 Å². The molecule has 1 aliphatic carbocycles. The zero-order valence-electron chi connectivity index (χ0n) is 17.1. The van der Waals surface area contributed by atoms with Crippen LogP contribution in [0.4, 0.5) is 18.0 Å². The Morgan fingerprint density at radius 3 is 2.31 bits per heavy atom. The van der Waals surface area contributed by atoms with Crippen molar-refractivity contribution in [3.8, 4) is 11.8 Å². The van der Waals surface area contributed by atoms with Gasteiger partial charge in [0.15, 0.2) is 0 Å². The Balaban J connectivity index is 1.52. The molecule has 0 aromatic carbocycles. The molecule has 1 spiro atoms. The van der Waals surface area contributed by atoms with Gasteiger partial charge in [-0.2, -0.15) is 18.2 Å². The molecular formula is C20H27F3N2O4. The second-order valence-electron chi connectivity index (χ2n) is 8.86. The molecule has 2 fully saturated rings. The smallest absolute Gasteiger partial charge is 0.421 e. The molecule has 3 rings (SSSR count). The Morgan fingerprint density at radius 1 is 1.17 bits per heavy atom. The van der Waals surface area contributed by atoms with Gasteiger partial charge in [-0.1, -0.05) is 0 Å². The summed E-state index contributed by atoms with van der Waals surface area (Å²) in [6.07, 6.45) is -1.66. The lowest BCUT2D eigenvalue weighted by Crippen LogP contribution is -2.60. The summed E-state index contributed by atoms with van der Waals surface area (Å²) >= 11 is 0. The summed E-state index contributed by atoms with van der Waals surface area (Å²) in [5.74, 6) is -0.367. The Hall–Kier alpha value is -2.19. The molecule has 0 unspecified atom stereocenters. The van der Waals surface area contributed by atoms with Crippen molar-refractivity contribution in [3.05, 3.63) is 17.7 Å². The molecule has 1 aromatic heterocycles. The highest BCUT2D eigenvalue weighted by atomic mass is 19.4. The Bertz CT molecular complexity index is 745. The number of ether oxygens (including phenoxy) is 3. The average molecular weight is 416 g/mol. The molecule has 0 N–H and O–H groups in total. The number of carbonyl (C=O) groups excluding carboxylic acids is 1. The molecular weight excluding hydrogens is 389 g/mol. The van der Waals surface area contributed by atoms with Crippen LogP contribution in [-0.2, 0) is 10.9 Å². The largest absolute Gasteiger partial charge is 0.480 e. The molecule has 1 aliphatic heterocycles. The van der Waals surface area contributed by atoms with Crippen LogP contribution in [0.15, 0.2) is 12.1 Å². The fourth-order valence-electron chi connectivity index (χ4n) is 3.89. The number of alkyl halides is 3. The molecule has 6 nitrogen and oxygen atoms in total. The van der Waals surface area contributed by atoms with E-state index in [4.69, 9.17) is 14.2 Å². The Morgan fingerprint density at radius 2 is 1.79 bits per heavy atom. The van der Waals surface area contributed by atoms with Crippen molar-refractivity contribution >= 4 is 6.09 Å². The number of nitrogens with zero attached hydrogens (tertiary/aromatic N) is 2. The van der Waals surface area contributed by atoms with Crippen molar-refractivity contribution in [3.63, 3.8) is 0 Å². The molecule has 2 heterocycles. The lowest BCUT2D eigenvalue weighted by atomic mass is 9.68. The third kappa shape index (κ3) is 5.05. The normalized spacial score (nSPS) is 19.6. The van der Waals surface area contributed by atoms with E-state index in [0.717, 1.165) is 38.9 Å². The predicted molar refractivity (Wildman–Crippen MR) is 98.9 cm³/mol. The number of methoxy groups -OCH3 is 1. The van der Waals surface area contributed by atoms with Crippen molar-refractivity contribution in [2.75, 3.05) is 20.2 Å². The molecule has 1 aromatic rings. The number of amides is 1. The van der Waals surface area contributed by atoms with Crippen LogP contribution in [0.1, 0.15) is 52.0 Å². The van der Waals surface area contributed by atoms with Crippen LogP contribution in [0.2, 0.25) is 0 Å². The van der Waals surface area contributed by atoms with Gasteiger partial charge < -0.3 is 19.1 Å². The van der Waals surface area contributed by atoms with Gasteiger partial charge >= 0.3 is 12.3 Å². The highest BCUT2D eigenvalue weighted by Crippen LogP contribution is 2.45. The van der Waals surface area contributed by atoms with Gasteiger partial charge in [0, 0.05) is 24.6 Å².